The zero-order valence-electron chi connectivity index (χ0n) is 7.37. The number of aryl methyl sites for hydroxylation is 1. The van der Waals surface area contributed by atoms with E-state index in [0.29, 0.717) is 5.69 Å². The molecule has 0 saturated carbocycles. The zero-order valence-corrected chi connectivity index (χ0v) is 7.37. The molecule has 0 radical (unpaired) electrons. The highest BCUT2D eigenvalue weighted by Gasteiger charge is 2.21. The van der Waals surface area contributed by atoms with Gasteiger partial charge in [0.25, 0.3) is 0 Å². The van der Waals surface area contributed by atoms with Crippen molar-refractivity contribution in [2.45, 2.75) is 19.3 Å². The maximum atomic E-state index is 12.4. The van der Waals surface area contributed by atoms with Crippen LogP contribution in [0.15, 0.2) is 18.3 Å². The summed E-state index contributed by atoms with van der Waals surface area (Å²) in [6.07, 6.45) is -0.874. The quantitative estimate of drug-likeness (QED) is 0.780. The number of rotatable bonds is 3. The van der Waals surface area contributed by atoms with Crippen molar-refractivity contribution < 1.29 is 8.78 Å². The summed E-state index contributed by atoms with van der Waals surface area (Å²) in [4.78, 5) is 3.91. The van der Waals surface area contributed by atoms with Crippen molar-refractivity contribution in [2.24, 2.45) is 5.73 Å². The molecule has 0 spiro atoms. The molecule has 0 aliphatic heterocycles. The van der Waals surface area contributed by atoms with Gasteiger partial charge in [-0.2, -0.15) is 0 Å². The van der Waals surface area contributed by atoms with Crippen LogP contribution < -0.4 is 5.73 Å². The monoisotopic (exact) mass is 186 g/mol. The van der Waals surface area contributed by atoms with Crippen molar-refractivity contribution in [2.75, 3.05) is 6.54 Å². The second kappa shape index (κ2) is 4.28. The highest BCUT2D eigenvalue weighted by Crippen LogP contribution is 2.19. The Morgan fingerprint density at radius 1 is 1.46 bits per heavy atom. The first-order chi connectivity index (χ1) is 6.15. The molecule has 72 valence electrons. The second-order valence-electron chi connectivity index (χ2n) is 2.94. The van der Waals surface area contributed by atoms with Crippen LogP contribution in [0.5, 0.6) is 0 Å². The lowest BCUT2D eigenvalue weighted by atomic mass is 10.1. The standard InChI is InChI=1S/C9H12F2N2/c1-6-2-3-8(13-5-6)7(4-12)9(10)11/h2-3,5,7,9H,4,12H2,1H3. The number of nitrogens with zero attached hydrogens (tertiary/aromatic N) is 1. The third-order valence-electron chi connectivity index (χ3n) is 1.87. The van der Waals surface area contributed by atoms with Crippen LogP contribution in [-0.4, -0.2) is 18.0 Å². The molecule has 0 amide bonds. The van der Waals surface area contributed by atoms with Gasteiger partial charge < -0.3 is 5.73 Å². The number of nitrogens with two attached hydrogens (primary N) is 1. The van der Waals surface area contributed by atoms with E-state index in [2.05, 4.69) is 4.98 Å². The maximum absolute atomic E-state index is 12.4. The average molecular weight is 186 g/mol. The van der Waals surface area contributed by atoms with Crippen LogP contribution >= 0.6 is 0 Å². The minimum Gasteiger partial charge on any atom is -0.330 e. The Kier molecular flexibility index (Phi) is 3.31. The Morgan fingerprint density at radius 3 is 2.54 bits per heavy atom. The minimum atomic E-state index is -2.44. The zero-order chi connectivity index (χ0) is 9.84. The smallest absolute Gasteiger partial charge is 0.248 e. The molecule has 0 saturated heterocycles. The Hall–Kier alpha value is -1.03. The second-order valence-corrected chi connectivity index (χ2v) is 2.94. The number of hydrogen-bond acceptors (Lipinski definition) is 2. The molecule has 4 heteroatoms. The third-order valence-corrected chi connectivity index (χ3v) is 1.87. The summed E-state index contributed by atoms with van der Waals surface area (Å²) in [5.74, 6) is -0.944. The molecule has 0 aliphatic rings. The SMILES string of the molecule is Cc1ccc(C(CN)C(F)F)nc1. The van der Waals surface area contributed by atoms with Crippen molar-refractivity contribution in [3.63, 3.8) is 0 Å². The van der Waals surface area contributed by atoms with Crippen molar-refractivity contribution >= 4 is 0 Å². The summed E-state index contributed by atoms with van der Waals surface area (Å²) >= 11 is 0. The van der Waals surface area contributed by atoms with Crippen LogP contribution in [-0.2, 0) is 0 Å². The number of halogens is 2. The number of alkyl halides is 2. The lowest BCUT2D eigenvalue weighted by Gasteiger charge is -2.12. The van der Waals surface area contributed by atoms with Crippen LogP contribution in [0.4, 0.5) is 8.78 Å². The van der Waals surface area contributed by atoms with Gasteiger partial charge in [-0.05, 0) is 18.6 Å². The largest absolute Gasteiger partial charge is 0.330 e. The number of aromatic nitrogens is 1. The molecule has 0 bridgehead atoms. The highest BCUT2D eigenvalue weighted by molar-refractivity contribution is 5.16. The van der Waals surface area contributed by atoms with Crippen molar-refractivity contribution in [3.05, 3.63) is 29.6 Å². The molecule has 1 unspecified atom stereocenters. The van der Waals surface area contributed by atoms with Crippen LogP contribution in [0, 0.1) is 6.92 Å². The summed E-state index contributed by atoms with van der Waals surface area (Å²) < 4.78 is 24.7. The molecule has 0 aliphatic carbocycles. The molecule has 2 nitrogen and oxygen atoms in total. The number of pyridine rings is 1. The Morgan fingerprint density at radius 2 is 2.15 bits per heavy atom. The molecule has 0 fully saturated rings. The summed E-state index contributed by atoms with van der Waals surface area (Å²) in [6.45, 7) is 1.78. The van der Waals surface area contributed by atoms with E-state index in [1.54, 1.807) is 18.3 Å². The molecule has 1 rings (SSSR count). The van der Waals surface area contributed by atoms with Gasteiger partial charge in [-0.1, -0.05) is 6.07 Å². The lowest BCUT2D eigenvalue weighted by Crippen LogP contribution is -2.20. The van der Waals surface area contributed by atoms with Crippen molar-refractivity contribution in [1.29, 1.82) is 0 Å². The predicted molar refractivity (Wildman–Crippen MR) is 46.8 cm³/mol. The van der Waals surface area contributed by atoms with Crippen molar-refractivity contribution in [1.82, 2.24) is 4.98 Å². The van der Waals surface area contributed by atoms with E-state index in [1.807, 2.05) is 6.92 Å². The fourth-order valence-corrected chi connectivity index (χ4v) is 1.05. The molecule has 1 heterocycles. The van der Waals surface area contributed by atoms with E-state index in [9.17, 15) is 8.78 Å². The van der Waals surface area contributed by atoms with Crippen LogP contribution in [0.1, 0.15) is 17.2 Å². The predicted octanol–water partition coefficient (Wildman–Crippen LogP) is 1.70. The van der Waals surface area contributed by atoms with Crippen LogP contribution in [0.2, 0.25) is 0 Å². The molecule has 0 aromatic carbocycles. The summed E-state index contributed by atoms with van der Waals surface area (Å²) in [6, 6.07) is 3.35. The van der Waals surface area contributed by atoms with Gasteiger partial charge >= 0.3 is 0 Å². The van der Waals surface area contributed by atoms with Gasteiger partial charge in [-0.15, -0.1) is 0 Å². The Labute approximate surface area is 75.8 Å². The topological polar surface area (TPSA) is 38.9 Å². The van der Waals surface area contributed by atoms with E-state index >= 15 is 0 Å². The summed E-state index contributed by atoms with van der Waals surface area (Å²) in [5, 5.41) is 0. The van der Waals surface area contributed by atoms with Gasteiger partial charge in [-0.3, -0.25) is 4.98 Å². The summed E-state index contributed by atoms with van der Waals surface area (Å²) in [5.41, 5.74) is 6.54. The molecule has 2 N–H and O–H groups in total. The molecule has 13 heavy (non-hydrogen) atoms. The van der Waals surface area contributed by atoms with E-state index in [4.69, 9.17) is 5.73 Å². The van der Waals surface area contributed by atoms with Crippen molar-refractivity contribution in [3.8, 4) is 0 Å². The fraction of sp³-hybridized carbons (Fsp3) is 0.444. The van der Waals surface area contributed by atoms with Gasteiger partial charge in [0.1, 0.15) is 0 Å². The van der Waals surface area contributed by atoms with Gasteiger partial charge in [-0.25, -0.2) is 8.78 Å². The average Bonchev–Trinajstić information content (AvgIpc) is 2.09. The third kappa shape index (κ3) is 2.45. The van der Waals surface area contributed by atoms with Gasteiger partial charge in [0.2, 0.25) is 6.43 Å². The molecular weight excluding hydrogens is 174 g/mol. The first-order valence-electron chi connectivity index (χ1n) is 4.06. The molecule has 1 aromatic rings. The normalized spacial score (nSPS) is 13.3. The van der Waals surface area contributed by atoms with E-state index in [1.165, 1.54) is 0 Å². The first-order valence-corrected chi connectivity index (χ1v) is 4.06. The molecule has 1 aromatic heterocycles. The fourth-order valence-electron chi connectivity index (χ4n) is 1.05. The van der Waals surface area contributed by atoms with E-state index < -0.39 is 12.3 Å². The first kappa shape index (κ1) is 10.1. The Bertz CT molecular complexity index is 259. The molecular formula is C9H12F2N2. The van der Waals surface area contributed by atoms with E-state index in [0.717, 1.165) is 5.56 Å². The van der Waals surface area contributed by atoms with Gasteiger partial charge in [0.05, 0.1) is 11.6 Å². The molecule has 1 atom stereocenters. The number of hydrogen-bond donors (Lipinski definition) is 1. The lowest BCUT2D eigenvalue weighted by molar-refractivity contribution is 0.115. The van der Waals surface area contributed by atoms with Gasteiger partial charge in [0, 0.05) is 12.7 Å². The van der Waals surface area contributed by atoms with Crippen LogP contribution in [0.25, 0.3) is 0 Å². The Balaban J connectivity index is 2.86. The summed E-state index contributed by atoms with van der Waals surface area (Å²) in [7, 11) is 0. The van der Waals surface area contributed by atoms with E-state index in [-0.39, 0.29) is 6.54 Å². The van der Waals surface area contributed by atoms with Crippen LogP contribution in [0.3, 0.4) is 0 Å². The highest BCUT2D eigenvalue weighted by atomic mass is 19.3. The minimum absolute atomic E-state index is 0.0757. The maximum Gasteiger partial charge on any atom is 0.248 e. The van der Waals surface area contributed by atoms with Gasteiger partial charge in [0.15, 0.2) is 0 Å².